The molecule has 0 bridgehead atoms. The van der Waals surface area contributed by atoms with E-state index in [-0.39, 0.29) is 11.1 Å². The average molecular weight is 314 g/mol. The summed E-state index contributed by atoms with van der Waals surface area (Å²) in [7, 11) is 4.39. The molecule has 0 radical (unpaired) electrons. The smallest absolute Gasteiger partial charge is 0.0485 e. The van der Waals surface area contributed by atoms with Gasteiger partial charge < -0.3 is 4.90 Å². The summed E-state index contributed by atoms with van der Waals surface area (Å²) >= 11 is 0. The highest BCUT2D eigenvalue weighted by atomic mass is 15.3. The number of hydrogen-bond donors (Lipinski definition) is 2. The molecule has 1 aliphatic heterocycles. The van der Waals surface area contributed by atoms with Gasteiger partial charge in [0.15, 0.2) is 0 Å². The molecule has 2 N–H and O–H groups in total. The molecule has 0 spiro atoms. The minimum atomic E-state index is 0.180. The van der Waals surface area contributed by atoms with Crippen LogP contribution in [0.15, 0.2) is 0 Å². The largest absolute Gasteiger partial charge is 0.304 e. The van der Waals surface area contributed by atoms with Gasteiger partial charge in [-0.2, -0.15) is 0 Å². The number of nitrogens with zero attached hydrogens (tertiary/aromatic N) is 3. The lowest BCUT2D eigenvalue weighted by atomic mass is 10.0. The quantitative estimate of drug-likeness (QED) is 0.659. The number of rotatable bonds is 8. The van der Waals surface area contributed by atoms with Gasteiger partial charge in [0.25, 0.3) is 0 Å². The van der Waals surface area contributed by atoms with Crippen LogP contribution in [0.5, 0.6) is 0 Å². The first-order valence-corrected chi connectivity index (χ1v) is 8.67. The molecule has 0 amide bonds. The van der Waals surface area contributed by atoms with Crippen LogP contribution in [-0.2, 0) is 0 Å². The van der Waals surface area contributed by atoms with Crippen LogP contribution in [0.4, 0.5) is 0 Å². The van der Waals surface area contributed by atoms with Gasteiger partial charge in [-0.25, -0.2) is 0 Å². The summed E-state index contributed by atoms with van der Waals surface area (Å²) in [5.41, 5.74) is 0.364. The van der Waals surface area contributed by atoms with Crippen molar-refractivity contribution in [2.75, 3.05) is 60.2 Å². The molecule has 0 saturated carbocycles. The van der Waals surface area contributed by atoms with Crippen molar-refractivity contribution in [3.8, 4) is 0 Å². The highest BCUT2D eigenvalue weighted by Gasteiger charge is 2.20. The summed E-state index contributed by atoms with van der Waals surface area (Å²) < 4.78 is 0. The van der Waals surface area contributed by atoms with E-state index in [9.17, 15) is 0 Å². The molecule has 1 rings (SSSR count). The van der Waals surface area contributed by atoms with E-state index in [0.29, 0.717) is 0 Å². The Bertz CT molecular complexity index is 303. The van der Waals surface area contributed by atoms with Gasteiger partial charge in [-0.1, -0.05) is 0 Å². The molecular weight excluding hydrogens is 274 g/mol. The molecule has 0 aromatic rings. The third-order valence-electron chi connectivity index (χ3n) is 4.37. The van der Waals surface area contributed by atoms with Gasteiger partial charge in [0.1, 0.15) is 0 Å². The Morgan fingerprint density at radius 2 is 1.55 bits per heavy atom. The Morgan fingerprint density at radius 1 is 0.955 bits per heavy atom. The van der Waals surface area contributed by atoms with Crippen LogP contribution in [0.25, 0.3) is 0 Å². The fourth-order valence-electron chi connectivity index (χ4n) is 2.34. The maximum absolute atomic E-state index is 3.73. The van der Waals surface area contributed by atoms with Crippen LogP contribution in [-0.4, -0.2) is 85.9 Å². The number of nitrogens with one attached hydrogen (secondary N) is 2. The molecule has 5 heteroatoms. The molecule has 1 heterocycles. The van der Waals surface area contributed by atoms with E-state index >= 15 is 0 Å². The summed E-state index contributed by atoms with van der Waals surface area (Å²) in [5, 5.41) is 7.27. The minimum Gasteiger partial charge on any atom is -0.304 e. The van der Waals surface area contributed by atoms with Crippen molar-refractivity contribution in [2.24, 2.45) is 0 Å². The molecule has 0 unspecified atom stereocenters. The van der Waals surface area contributed by atoms with Crippen LogP contribution in [0, 0.1) is 0 Å². The maximum atomic E-state index is 3.73. The highest BCUT2D eigenvalue weighted by Crippen LogP contribution is 2.10. The first-order chi connectivity index (χ1) is 10.1. The van der Waals surface area contributed by atoms with Crippen LogP contribution < -0.4 is 10.6 Å². The molecule has 132 valence electrons. The second-order valence-electron chi connectivity index (χ2n) is 8.55. The van der Waals surface area contributed by atoms with Gasteiger partial charge in [0.05, 0.1) is 0 Å². The molecule has 1 aliphatic rings. The second-order valence-corrected chi connectivity index (χ2v) is 8.55. The standard InChI is InChI=1S/C17H39N5/c1-16(2,3)18-14-21(7)9-8-17(4,5)19-15-22-12-10-20(6)11-13-22/h18-19H,8-15H2,1-7H3. The number of piperazine rings is 1. The van der Waals surface area contributed by atoms with Crippen molar-refractivity contribution in [3.05, 3.63) is 0 Å². The molecule has 0 aromatic heterocycles. The second kappa shape index (κ2) is 8.60. The van der Waals surface area contributed by atoms with Crippen LogP contribution in [0.1, 0.15) is 41.0 Å². The molecule has 1 fully saturated rings. The lowest BCUT2D eigenvalue weighted by Crippen LogP contribution is -2.52. The van der Waals surface area contributed by atoms with Gasteiger partial charge in [-0.15, -0.1) is 0 Å². The monoisotopic (exact) mass is 313 g/mol. The molecular formula is C17H39N5. The predicted molar refractivity (Wildman–Crippen MR) is 96.2 cm³/mol. The molecule has 0 aliphatic carbocycles. The summed E-state index contributed by atoms with van der Waals surface area (Å²) in [6.45, 7) is 19.0. The zero-order valence-electron chi connectivity index (χ0n) is 16.0. The van der Waals surface area contributed by atoms with Gasteiger partial charge in [0, 0.05) is 57.1 Å². The third-order valence-corrected chi connectivity index (χ3v) is 4.37. The first-order valence-electron chi connectivity index (χ1n) is 8.67. The lowest BCUT2D eigenvalue weighted by Gasteiger charge is -2.36. The summed E-state index contributed by atoms with van der Waals surface area (Å²) in [6, 6.07) is 0. The molecule has 1 saturated heterocycles. The van der Waals surface area contributed by atoms with E-state index in [4.69, 9.17) is 0 Å². The van der Waals surface area contributed by atoms with Gasteiger partial charge in [-0.3, -0.25) is 20.4 Å². The fraction of sp³-hybridized carbons (Fsp3) is 1.00. The zero-order chi connectivity index (χ0) is 16.8. The van der Waals surface area contributed by atoms with Crippen molar-refractivity contribution >= 4 is 0 Å². The van der Waals surface area contributed by atoms with Crippen molar-refractivity contribution in [1.29, 1.82) is 0 Å². The normalized spacial score (nSPS) is 19.1. The SMILES string of the molecule is CN1CCN(CNC(C)(C)CCN(C)CNC(C)(C)C)CC1. The number of hydrogen-bond acceptors (Lipinski definition) is 5. The number of likely N-dealkylation sites (N-methyl/N-ethyl adjacent to an activating group) is 1. The molecule has 0 atom stereocenters. The van der Waals surface area contributed by atoms with Crippen LogP contribution in [0.3, 0.4) is 0 Å². The summed E-state index contributed by atoms with van der Waals surface area (Å²) in [5.74, 6) is 0. The van der Waals surface area contributed by atoms with Crippen molar-refractivity contribution in [2.45, 2.75) is 52.1 Å². The Morgan fingerprint density at radius 3 is 2.09 bits per heavy atom. The predicted octanol–water partition coefficient (Wildman–Crippen LogP) is 1.23. The Labute approximate surface area is 138 Å². The van der Waals surface area contributed by atoms with Crippen molar-refractivity contribution in [3.63, 3.8) is 0 Å². The van der Waals surface area contributed by atoms with Crippen molar-refractivity contribution < 1.29 is 0 Å². The Hall–Kier alpha value is -0.200. The lowest BCUT2D eigenvalue weighted by molar-refractivity contribution is 0.128. The topological polar surface area (TPSA) is 33.8 Å². The van der Waals surface area contributed by atoms with Crippen molar-refractivity contribution in [1.82, 2.24) is 25.3 Å². The van der Waals surface area contributed by atoms with E-state index in [2.05, 4.69) is 74.0 Å². The Balaban J connectivity index is 2.20. The fourth-order valence-corrected chi connectivity index (χ4v) is 2.34. The van der Waals surface area contributed by atoms with E-state index in [1.807, 2.05) is 0 Å². The average Bonchev–Trinajstić information content (AvgIpc) is 2.42. The van der Waals surface area contributed by atoms with E-state index < -0.39 is 0 Å². The minimum absolute atomic E-state index is 0.180. The van der Waals surface area contributed by atoms with E-state index in [0.717, 1.165) is 26.3 Å². The van der Waals surface area contributed by atoms with Gasteiger partial charge in [0.2, 0.25) is 0 Å². The van der Waals surface area contributed by atoms with Gasteiger partial charge >= 0.3 is 0 Å². The molecule has 22 heavy (non-hydrogen) atoms. The summed E-state index contributed by atoms with van der Waals surface area (Å²) in [4.78, 5) is 7.29. The van der Waals surface area contributed by atoms with E-state index in [1.165, 1.54) is 26.2 Å². The van der Waals surface area contributed by atoms with E-state index in [1.54, 1.807) is 0 Å². The molecule has 0 aromatic carbocycles. The first kappa shape index (κ1) is 19.8. The molecule has 5 nitrogen and oxygen atoms in total. The Kier molecular flexibility index (Phi) is 7.75. The maximum Gasteiger partial charge on any atom is 0.0485 e. The van der Waals surface area contributed by atoms with Gasteiger partial charge in [-0.05, 0) is 55.1 Å². The third kappa shape index (κ3) is 9.06. The summed E-state index contributed by atoms with van der Waals surface area (Å²) in [6.07, 6.45) is 1.16. The van der Waals surface area contributed by atoms with Crippen LogP contribution in [0.2, 0.25) is 0 Å². The highest BCUT2D eigenvalue weighted by molar-refractivity contribution is 4.80. The van der Waals surface area contributed by atoms with Crippen LogP contribution >= 0.6 is 0 Å². The zero-order valence-corrected chi connectivity index (χ0v) is 16.0.